The average Bonchev–Trinajstić information content (AvgIpc) is 3.67. The molecule has 6 rings (SSSR count). The molecule has 0 unspecified atom stereocenters. The second-order valence-corrected chi connectivity index (χ2v) is 12.9. The van der Waals surface area contributed by atoms with Crippen LogP contribution in [0.3, 0.4) is 0 Å². The first kappa shape index (κ1) is 28.1. The van der Waals surface area contributed by atoms with E-state index in [0.29, 0.717) is 33.6 Å². The number of fused-ring (bicyclic) bond motifs is 1. The maximum absolute atomic E-state index is 13.6. The summed E-state index contributed by atoms with van der Waals surface area (Å²) in [4.78, 5) is 28.5. The highest BCUT2D eigenvalue weighted by Crippen LogP contribution is 2.45. The van der Waals surface area contributed by atoms with Crippen LogP contribution in [0.4, 0.5) is 9.52 Å². The molecule has 1 N–H and O–H groups in total. The molecule has 2 atom stereocenters. The standard InChI is InChI=1S/C32H28FN3O4S2/c1-17(2)20-6-8-21(9-7-20)27-26(28(37)22-10-13-25-23(15-22)14-18(3)40-25)29(38)30(39)36(27)31-34-35-32(42-31)41-16-19-4-11-24(33)12-5-19/h4-13,15,17-18,27,37H,14,16H2,1-3H3/t18-,27+/m1/s1. The van der Waals surface area contributed by atoms with Crippen molar-refractivity contribution in [1.82, 2.24) is 10.2 Å². The van der Waals surface area contributed by atoms with Gasteiger partial charge in [0.25, 0.3) is 5.78 Å². The lowest BCUT2D eigenvalue weighted by atomic mass is 9.93. The van der Waals surface area contributed by atoms with Gasteiger partial charge < -0.3 is 9.84 Å². The SMILES string of the molecule is CC(C)c1ccc([C@H]2C(=C(O)c3ccc4c(c3)C[C@@H](C)O4)C(=O)C(=O)N2c2nnc(SCc3ccc(F)cc3)s2)cc1. The lowest BCUT2D eigenvalue weighted by Crippen LogP contribution is -2.29. The van der Waals surface area contributed by atoms with Gasteiger partial charge in [-0.1, -0.05) is 73.3 Å². The molecule has 1 amide bonds. The van der Waals surface area contributed by atoms with Crippen molar-refractivity contribution in [2.45, 2.75) is 55.3 Å². The van der Waals surface area contributed by atoms with E-state index in [2.05, 4.69) is 24.0 Å². The molecule has 0 bridgehead atoms. The van der Waals surface area contributed by atoms with Gasteiger partial charge in [-0.15, -0.1) is 10.2 Å². The number of ketones is 1. The third-order valence-corrected chi connectivity index (χ3v) is 9.54. The minimum atomic E-state index is -0.891. The van der Waals surface area contributed by atoms with Crippen molar-refractivity contribution < 1.29 is 23.8 Å². The zero-order valence-corrected chi connectivity index (χ0v) is 24.8. The number of carbonyl (C=O) groups is 2. The van der Waals surface area contributed by atoms with Crippen molar-refractivity contribution in [2.24, 2.45) is 0 Å². The molecule has 2 aliphatic heterocycles. The van der Waals surface area contributed by atoms with Gasteiger partial charge in [0.15, 0.2) is 4.34 Å². The highest BCUT2D eigenvalue weighted by molar-refractivity contribution is 8.00. The summed E-state index contributed by atoms with van der Waals surface area (Å²) < 4.78 is 19.7. The van der Waals surface area contributed by atoms with Crippen LogP contribution in [-0.2, 0) is 21.8 Å². The van der Waals surface area contributed by atoms with E-state index in [4.69, 9.17) is 4.74 Å². The summed E-state index contributed by atoms with van der Waals surface area (Å²) in [5, 5.41) is 20.3. The van der Waals surface area contributed by atoms with E-state index in [-0.39, 0.29) is 28.4 Å². The fraction of sp³-hybridized carbons (Fsp3) is 0.250. The van der Waals surface area contributed by atoms with E-state index in [1.54, 1.807) is 24.3 Å². The number of nitrogens with zero attached hydrogens (tertiary/aromatic N) is 3. The van der Waals surface area contributed by atoms with Crippen LogP contribution in [0.25, 0.3) is 5.76 Å². The Kier molecular flexibility index (Phi) is 7.59. The normalized spacial score (nSPS) is 19.4. The van der Waals surface area contributed by atoms with Crippen LogP contribution < -0.4 is 9.64 Å². The molecule has 1 aromatic heterocycles. The van der Waals surface area contributed by atoms with E-state index in [0.717, 1.165) is 22.4 Å². The molecule has 0 radical (unpaired) electrons. The number of aliphatic hydroxyl groups excluding tert-OH is 1. The molecule has 1 saturated heterocycles. The summed E-state index contributed by atoms with van der Waals surface area (Å²) in [5.74, 6) is -0.530. The average molecular weight is 602 g/mol. The predicted octanol–water partition coefficient (Wildman–Crippen LogP) is 7.04. The number of hydrogen-bond donors (Lipinski definition) is 1. The molecule has 2 aliphatic rings. The Labute approximate surface area is 251 Å². The Bertz CT molecular complexity index is 1700. The number of rotatable bonds is 7. The number of carbonyl (C=O) groups excluding carboxylic acids is 2. The summed E-state index contributed by atoms with van der Waals surface area (Å²) in [6.45, 7) is 6.15. The lowest BCUT2D eigenvalue weighted by molar-refractivity contribution is -0.132. The second-order valence-electron chi connectivity index (χ2n) is 10.7. The predicted molar refractivity (Wildman–Crippen MR) is 161 cm³/mol. The number of benzene rings is 3. The van der Waals surface area contributed by atoms with Crippen molar-refractivity contribution in [3.63, 3.8) is 0 Å². The number of Topliss-reactive ketones (excluding diaryl/α,β-unsaturated/α-hetero) is 1. The molecule has 4 aromatic rings. The van der Waals surface area contributed by atoms with Crippen LogP contribution in [0, 0.1) is 5.82 Å². The smallest absolute Gasteiger partial charge is 0.301 e. The van der Waals surface area contributed by atoms with Gasteiger partial charge in [0.1, 0.15) is 23.4 Å². The first-order chi connectivity index (χ1) is 20.2. The zero-order valence-electron chi connectivity index (χ0n) is 23.2. The van der Waals surface area contributed by atoms with E-state index in [9.17, 15) is 19.1 Å². The molecular formula is C32H28FN3O4S2. The van der Waals surface area contributed by atoms with Gasteiger partial charge >= 0.3 is 5.91 Å². The number of amides is 1. The topological polar surface area (TPSA) is 92.6 Å². The molecular weight excluding hydrogens is 574 g/mol. The Morgan fingerprint density at radius 3 is 2.55 bits per heavy atom. The number of halogens is 1. The monoisotopic (exact) mass is 601 g/mol. The number of aromatic nitrogens is 2. The van der Waals surface area contributed by atoms with Gasteiger partial charge in [0.05, 0.1) is 11.6 Å². The minimum Gasteiger partial charge on any atom is -0.507 e. The first-order valence-corrected chi connectivity index (χ1v) is 15.4. The number of anilines is 1. The molecule has 10 heteroatoms. The van der Waals surface area contributed by atoms with Crippen molar-refractivity contribution in [3.8, 4) is 5.75 Å². The molecule has 0 aliphatic carbocycles. The Balaban J connectivity index is 1.39. The fourth-order valence-corrected chi connectivity index (χ4v) is 7.04. The maximum Gasteiger partial charge on any atom is 0.301 e. The lowest BCUT2D eigenvalue weighted by Gasteiger charge is -2.23. The third kappa shape index (κ3) is 5.32. The second kappa shape index (κ2) is 11.3. The highest BCUT2D eigenvalue weighted by atomic mass is 32.2. The summed E-state index contributed by atoms with van der Waals surface area (Å²) in [6, 6.07) is 18.3. The van der Waals surface area contributed by atoms with E-state index >= 15 is 0 Å². The summed E-state index contributed by atoms with van der Waals surface area (Å²) in [7, 11) is 0. The number of hydrogen-bond acceptors (Lipinski definition) is 8. The maximum atomic E-state index is 13.6. The fourth-order valence-electron chi connectivity index (χ4n) is 5.22. The van der Waals surface area contributed by atoms with Crippen molar-refractivity contribution in [3.05, 3.63) is 106 Å². The summed E-state index contributed by atoms with van der Waals surface area (Å²) >= 11 is 2.59. The van der Waals surface area contributed by atoms with Crippen LogP contribution in [0.2, 0.25) is 0 Å². The number of ether oxygens (including phenoxy) is 1. The van der Waals surface area contributed by atoms with Crippen LogP contribution in [0.1, 0.15) is 60.5 Å². The molecule has 1 fully saturated rings. The van der Waals surface area contributed by atoms with Crippen molar-refractivity contribution in [2.75, 3.05) is 4.90 Å². The number of aliphatic hydroxyl groups is 1. The summed E-state index contributed by atoms with van der Waals surface area (Å²) in [5.41, 5.74) is 4.08. The Morgan fingerprint density at radius 2 is 1.83 bits per heavy atom. The molecule has 42 heavy (non-hydrogen) atoms. The van der Waals surface area contributed by atoms with E-state index in [1.165, 1.54) is 40.1 Å². The number of thioether (sulfide) groups is 1. The van der Waals surface area contributed by atoms with Gasteiger partial charge in [-0.3, -0.25) is 14.5 Å². The first-order valence-electron chi connectivity index (χ1n) is 13.6. The van der Waals surface area contributed by atoms with Gasteiger partial charge in [0.2, 0.25) is 5.13 Å². The molecule has 214 valence electrons. The van der Waals surface area contributed by atoms with Crippen LogP contribution >= 0.6 is 23.1 Å². The third-order valence-electron chi connectivity index (χ3n) is 7.41. The quantitative estimate of drug-likeness (QED) is 0.0798. The molecule has 0 saturated carbocycles. The van der Waals surface area contributed by atoms with E-state index in [1.807, 2.05) is 37.3 Å². The molecule has 3 heterocycles. The van der Waals surface area contributed by atoms with Crippen LogP contribution in [-0.4, -0.2) is 33.1 Å². The van der Waals surface area contributed by atoms with Gasteiger partial charge in [-0.05, 0) is 65.4 Å². The van der Waals surface area contributed by atoms with Crippen LogP contribution in [0.5, 0.6) is 5.75 Å². The van der Waals surface area contributed by atoms with Gasteiger partial charge in [-0.2, -0.15) is 0 Å². The van der Waals surface area contributed by atoms with Crippen LogP contribution in [0.15, 0.2) is 76.6 Å². The Morgan fingerprint density at radius 1 is 1.10 bits per heavy atom. The van der Waals surface area contributed by atoms with Crippen molar-refractivity contribution in [1.29, 1.82) is 0 Å². The summed E-state index contributed by atoms with van der Waals surface area (Å²) in [6.07, 6.45) is 0.712. The Hall–Kier alpha value is -4.02. The molecule has 7 nitrogen and oxygen atoms in total. The van der Waals surface area contributed by atoms with Gasteiger partial charge in [0, 0.05) is 17.7 Å². The largest absolute Gasteiger partial charge is 0.507 e. The van der Waals surface area contributed by atoms with Gasteiger partial charge in [-0.25, -0.2) is 4.39 Å². The van der Waals surface area contributed by atoms with E-state index < -0.39 is 17.7 Å². The van der Waals surface area contributed by atoms with Crippen molar-refractivity contribution >= 4 is 45.7 Å². The molecule has 3 aromatic carbocycles. The highest BCUT2D eigenvalue weighted by Gasteiger charge is 2.48. The molecule has 0 spiro atoms. The minimum absolute atomic E-state index is 0.0000686. The zero-order chi connectivity index (χ0) is 29.5.